The number of aryl methyl sites for hydroxylation is 1. The first kappa shape index (κ1) is 17.7. The van der Waals surface area contributed by atoms with E-state index in [1.807, 2.05) is 30.3 Å². The summed E-state index contributed by atoms with van der Waals surface area (Å²) in [6.45, 7) is 1.52. The van der Waals surface area contributed by atoms with Crippen LogP contribution in [0.5, 0.6) is 0 Å². The molecule has 1 aliphatic heterocycles. The normalized spacial score (nSPS) is 16.3. The lowest BCUT2D eigenvalue weighted by Gasteiger charge is -2.19. The molecule has 0 N–H and O–H groups in total. The predicted octanol–water partition coefficient (Wildman–Crippen LogP) is 0.000300. The van der Waals surface area contributed by atoms with Gasteiger partial charge in [-0.25, -0.2) is 9.78 Å². The van der Waals surface area contributed by atoms with Crippen LogP contribution in [0, 0.1) is 0 Å². The van der Waals surface area contributed by atoms with Crippen molar-refractivity contribution in [3.63, 3.8) is 0 Å². The molecule has 2 aromatic heterocycles. The minimum Gasteiger partial charge on any atom is -0.448 e. The van der Waals surface area contributed by atoms with E-state index in [2.05, 4.69) is 10.1 Å². The molecule has 144 valence electrons. The van der Waals surface area contributed by atoms with Gasteiger partial charge in [0.25, 0.3) is 5.56 Å². The third-order valence-corrected chi connectivity index (χ3v) is 4.63. The molecule has 0 radical (unpaired) electrons. The fraction of sp³-hybridized carbons (Fsp3) is 0.278. The highest BCUT2D eigenvalue weighted by Gasteiger charge is 2.32. The molecule has 28 heavy (non-hydrogen) atoms. The Labute approximate surface area is 158 Å². The van der Waals surface area contributed by atoms with Gasteiger partial charge >= 0.3 is 5.69 Å². The van der Waals surface area contributed by atoms with Crippen LogP contribution in [0.4, 0.5) is 0 Å². The van der Waals surface area contributed by atoms with E-state index in [0.717, 1.165) is 10.1 Å². The van der Waals surface area contributed by atoms with Gasteiger partial charge in [0.05, 0.1) is 12.9 Å². The van der Waals surface area contributed by atoms with Gasteiger partial charge in [-0.15, -0.1) is 5.10 Å². The van der Waals surface area contributed by atoms with Crippen LogP contribution in [0.15, 0.2) is 51.3 Å². The van der Waals surface area contributed by atoms with Crippen LogP contribution in [0.2, 0.25) is 0 Å². The molecular formula is C18H18N6O4. The summed E-state index contributed by atoms with van der Waals surface area (Å²) in [4.78, 5) is 40.9. The van der Waals surface area contributed by atoms with Gasteiger partial charge in [0, 0.05) is 26.6 Å². The Balaban J connectivity index is 1.73. The highest BCUT2D eigenvalue weighted by atomic mass is 16.5. The van der Waals surface area contributed by atoms with Gasteiger partial charge in [0.15, 0.2) is 11.2 Å². The Morgan fingerprint density at radius 3 is 2.54 bits per heavy atom. The topological polar surface area (TPSA) is 104 Å². The highest BCUT2D eigenvalue weighted by molar-refractivity contribution is 5.96. The van der Waals surface area contributed by atoms with E-state index < -0.39 is 17.5 Å². The fourth-order valence-electron chi connectivity index (χ4n) is 3.16. The van der Waals surface area contributed by atoms with Gasteiger partial charge in [-0.2, -0.15) is 5.01 Å². The maximum Gasteiger partial charge on any atom is 0.332 e. The molecule has 1 aromatic carbocycles. The zero-order valence-corrected chi connectivity index (χ0v) is 15.6. The zero-order valence-electron chi connectivity index (χ0n) is 15.6. The Morgan fingerprint density at radius 2 is 1.86 bits per heavy atom. The van der Waals surface area contributed by atoms with E-state index in [-0.39, 0.29) is 23.6 Å². The van der Waals surface area contributed by atoms with Crippen LogP contribution in [0.3, 0.4) is 0 Å². The molecule has 0 aliphatic carbocycles. The number of fused-ring (bicyclic) bond motifs is 1. The van der Waals surface area contributed by atoms with E-state index in [1.165, 1.54) is 29.9 Å². The van der Waals surface area contributed by atoms with Crippen LogP contribution in [0.1, 0.15) is 12.5 Å². The third-order valence-electron chi connectivity index (χ3n) is 4.63. The van der Waals surface area contributed by atoms with Crippen LogP contribution in [-0.4, -0.2) is 41.7 Å². The first-order chi connectivity index (χ1) is 13.4. The molecule has 0 bridgehead atoms. The first-order valence-electron chi connectivity index (χ1n) is 8.60. The summed E-state index contributed by atoms with van der Waals surface area (Å²) >= 11 is 0. The number of rotatable bonds is 3. The Kier molecular flexibility index (Phi) is 4.10. The summed E-state index contributed by atoms with van der Waals surface area (Å²) in [5.41, 5.74) is 0.340. The number of benzene rings is 1. The third kappa shape index (κ3) is 2.70. The molecule has 1 aliphatic rings. The smallest absolute Gasteiger partial charge is 0.332 e. The van der Waals surface area contributed by atoms with Gasteiger partial charge < -0.3 is 9.30 Å². The van der Waals surface area contributed by atoms with E-state index in [0.29, 0.717) is 5.90 Å². The number of carbonyl (C=O) groups excluding carboxylic acids is 1. The van der Waals surface area contributed by atoms with Crippen molar-refractivity contribution in [2.24, 2.45) is 19.2 Å². The van der Waals surface area contributed by atoms with Crippen molar-refractivity contribution < 1.29 is 9.53 Å². The van der Waals surface area contributed by atoms with Crippen molar-refractivity contribution in [2.45, 2.75) is 19.7 Å². The summed E-state index contributed by atoms with van der Waals surface area (Å²) in [6.07, 6.45) is 0.709. The molecule has 0 fully saturated rings. The number of hydrogen-bond acceptors (Lipinski definition) is 6. The summed E-state index contributed by atoms with van der Waals surface area (Å²) < 4.78 is 9.79. The molecule has 0 saturated heterocycles. The number of carbonyl (C=O) groups is 1. The number of hydrazone groups is 1. The number of hydrogen-bond donors (Lipinski definition) is 0. The maximum absolute atomic E-state index is 12.6. The lowest BCUT2D eigenvalue weighted by atomic mass is 10.2. The lowest BCUT2D eigenvalue weighted by Crippen LogP contribution is -2.39. The number of amides is 1. The zero-order chi connectivity index (χ0) is 20.0. The molecule has 3 heterocycles. The van der Waals surface area contributed by atoms with Crippen LogP contribution in [-0.2, 0) is 30.2 Å². The SMILES string of the molecule is CC(=O)N1N=C(c2ccccc2)OC1Cn1cnc2c1c(=O)n(C)c(=O)n2C. The average Bonchev–Trinajstić information content (AvgIpc) is 3.30. The molecule has 4 rings (SSSR count). The second-order valence-corrected chi connectivity index (χ2v) is 6.48. The van der Waals surface area contributed by atoms with Crippen molar-refractivity contribution >= 4 is 23.0 Å². The van der Waals surface area contributed by atoms with Gasteiger partial charge in [-0.1, -0.05) is 18.2 Å². The van der Waals surface area contributed by atoms with Crippen molar-refractivity contribution in [2.75, 3.05) is 0 Å². The number of ether oxygens (including phenoxy) is 1. The largest absolute Gasteiger partial charge is 0.448 e. The second kappa shape index (κ2) is 6.48. The molecular weight excluding hydrogens is 364 g/mol. The monoisotopic (exact) mass is 382 g/mol. The number of imidazole rings is 1. The summed E-state index contributed by atoms with van der Waals surface area (Å²) in [5.74, 6) is 0.0335. The minimum absolute atomic E-state index is 0.128. The van der Waals surface area contributed by atoms with Crippen LogP contribution in [0.25, 0.3) is 11.2 Å². The van der Waals surface area contributed by atoms with E-state index >= 15 is 0 Å². The average molecular weight is 382 g/mol. The summed E-state index contributed by atoms with van der Waals surface area (Å²) in [6, 6.07) is 9.23. The van der Waals surface area contributed by atoms with Crippen molar-refractivity contribution in [3.8, 4) is 0 Å². The highest BCUT2D eigenvalue weighted by Crippen LogP contribution is 2.20. The minimum atomic E-state index is -0.743. The second-order valence-electron chi connectivity index (χ2n) is 6.48. The molecule has 3 aromatic rings. The first-order valence-corrected chi connectivity index (χ1v) is 8.60. The number of aromatic nitrogens is 4. The molecule has 1 amide bonds. The van der Waals surface area contributed by atoms with Crippen molar-refractivity contribution in [1.29, 1.82) is 0 Å². The summed E-state index contributed by atoms with van der Waals surface area (Å²) in [7, 11) is 2.96. The quantitative estimate of drug-likeness (QED) is 0.634. The van der Waals surface area contributed by atoms with Crippen molar-refractivity contribution in [3.05, 3.63) is 63.1 Å². The van der Waals surface area contributed by atoms with E-state index in [9.17, 15) is 14.4 Å². The van der Waals surface area contributed by atoms with Gasteiger partial charge in [0.2, 0.25) is 18.0 Å². The Bertz CT molecular complexity index is 1220. The molecule has 1 atom stereocenters. The summed E-state index contributed by atoms with van der Waals surface area (Å²) in [5, 5.41) is 5.51. The fourth-order valence-corrected chi connectivity index (χ4v) is 3.16. The lowest BCUT2D eigenvalue weighted by molar-refractivity contribution is -0.135. The molecule has 10 nitrogen and oxygen atoms in total. The van der Waals surface area contributed by atoms with E-state index in [1.54, 1.807) is 11.6 Å². The molecule has 0 spiro atoms. The Hall–Kier alpha value is -3.69. The van der Waals surface area contributed by atoms with Gasteiger partial charge in [0.1, 0.15) is 0 Å². The van der Waals surface area contributed by atoms with Crippen LogP contribution < -0.4 is 11.2 Å². The maximum atomic E-state index is 12.6. The van der Waals surface area contributed by atoms with Gasteiger partial charge in [-0.05, 0) is 12.1 Å². The van der Waals surface area contributed by atoms with Gasteiger partial charge in [-0.3, -0.25) is 18.7 Å². The van der Waals surface area contributed by atoms with Crippen molar-refractivity contribution in [1.82, 2.24) is 23.7 Å². The Morgan fingerprint density at radius 1 is 1.14 bits per heavy atom. The predicted molar refractivity (Wildman–Crippen MR) is 101 cm³/mol. The standard InChI is InChI=1S/C18H18N6O4/c1-11(25)24-13(28-16(20-24)12-7-5-4-6-8-12)9-23-10-19-15-14(23)17(26)22(3)18(27)21(15)2/h4-8,10,13H,9H2,1-3H3. The molecule has 0 saturated carbocycles. The number of nitrogens with zero attached hydrogens (tertiary/aromatic N) is 6. The van der Waals surface area contributed by atoms with E-state index in [4.69, 9.17) is 4.74 Å². The molecule has 1 unspecified atom stereocenters. The van der Waals surface area contributed by atoms with Crippen LogP contribution >= 0.6 is 0 Å². The molecule has 10 heteroatoms.